The van der Waals surface area contributed by atoms with Gasteiger partial charge in [-0.1, -0.05) is 42.1 Å². The van der Waals surface area contributed by atoms with Crippen LogP contribution >= 0.6 is 11.8 Å². The van der Waals surface area contributed by atoms with Gasteiger partial charge in [0.05, 0.1) is 17.1 Å². The van der Waals surface area contributed by atoms with E-state index >= 15 is 0 Å². The normalized spacial score (nSPS) is 15.3. The van der Waals surface area contributed by atoms with Crippen molar-refractivity contribution in [3.8, 4) is 5.69 Å². The smallest absolute Gasteiger partial charge is 0.268 e. The molecule has 0 fully saturated rings. The summed E-state index contributed by atoms with van der Waals surface area (Å²) in [5.74, 6) is -0.632. The topological polar surface area (TPSA) is 98.1 Å². The third-order valence-electron chi connectivity index (χ3n) is 4.00. The molecule has 0 N–H and O–H groups in total. The molecule has 0 unspecified atom stereocenters. The number of fused-ring (bicyclic) bond motifs is 1. The molecule has 2 aromatic carbocycles. The van der Waals surface area contributed by atoms with Gasteiger partial charge in [-0.05, 0) is 41.1 Å². The summed E-state index contributed by atoms with van der Waals surface area (Å²) in [5, 5.41) is 11.9. The first-order valence-corrected chi connectivity index (χ1v) is 10.1. The van der Waals surface area contributed by atoms with Crippen LogP contribution in [0.2, 0.25) is 0 Å². The van der Waals surface area contributed by atoms with E-state index in [1.807, 2.05) is 30.3 Å². The lowest BCUT2D eigenvalue weighted by atomic mass is 10.1. The fraction of sp³-hybridized carbons (Fsp3) is 0.125. The highest BCUT2D eigenvalue weighted by atomic mass is 32.2. The predicted molar refractivity (Wildman–Crippen MR) is 94.4 cm³/mol. The summed E-state index contributed by atoms with van der Waals surface area (Å²) >= 11 is 1.08. The first kappa shape index (κ1) is 16.7. The molecule has 0 saturated carbocycles. The lowest BCUT2D eigenvalue weighted by molar-refractivity contribution is 0.0886. The van der Waals surface area contributed by atoms with E-state index in [2.05, 4.69) is 15.5 Å². The third kappa shape index (κ3) is 2.58. The zero-order valence-electron chi connectivity index (χ0n) is 13.6. The van der Waals surface area contributed by atoms with Gasteiger partial charge in [0, 0.05) is 0 Å². The third-order valence-corrected chi connectivity index (χ3v) is 6.83. The van der Waals surface area contributed by atoms with Crippen molar-refractivity contribution in [3.63, 3.8) is 0 Å². The molecular formula is C16H13N5O3S2. The van der Waals surface area contributed by atoms with Crippen LogP contribution in [-0.4, -0.2) is 44.7 Å². The molecule has 4 rings (SSSR count). The van der Waals surface area contributed by atoms with E-state index in [0.717, 1.165) is 21.8 Å². The Balaban J connectivity index is 1.62. The fourth-order valence-electron chi connectivity index (χ4n) is 2.73. The maximum atomic E-state index is 12.7. The number of nitrogens with zero attached hydrogens (tertiary/aromatic N) is 5. The zero-order valence-corrected chi connectivity index (χ0v) is 15.2. The first-order valence-electron chi connectivity index (χ1n) is 7.63. The molecule has 0 aliphatic carbocycles. The molecular weight excluding hydrogens is 374 g/mol. The molecule has 1 aliphatic heterocycles. The van der Waals surface area contributed by atoms with Crippen molar-refractivity contribution in [3.05, 3.63) is 59.7 Å². The molecule has 26 heavy (non-hydrogen) atoms. The number of thioether (sulfide) groups is 1. The van der Waals surface area contributed by atoms with Gasteiger partial charge in [0.25, 0.3) is 15.9 Å². The Kier molecular flexibility index (Phi) is 4.00. The van der Waals surface area contributed by atoms with E-state index < -0.39 is 15.9 Å². The van der Waals surface area contributed by atoms with Gasteiger partial charge in [-0.3, -0.25) is 4.79 Å². The minimum Gasteiger partial charge on any atom is -0.268 e. The van der Waals surface area contributed by atoms with E-state index in [4.69, 9.17) is 0 Å². The number of hydrogen-bond donors (Lipinski definition) is 0. The Morgan fingerprint density at radius 1 is 1.08 bits per heavy atom. The Bertz CT molecular complexity index is 1100. The monoisotopic (exact) mass is 387 g/mol. The molecule has 10 heteroatoms. The van der Waals surface area contributed by atoms with Crippen molar-refractivity contribution in [2.45, 2.75) is 17.0 Å². The molecule has 0 atom stereocenters. The Morgan fingerprint density at radius 2 is 1.85 bits per heavy atom. The number of aromatic nitrogens is 4. The summed E-state index contributed by atoms with van der Waals surface area (Å²) in [6, 6.07) is 14.0. The number of benzene rings is 2. The Morgan fingerprint density at radius 3 is 2.58 bits per heavy atom. The number of aryl methyl sites for hydroxylation is 1. The van der Waals surface area contributed by atoms with Gasteiger partial charge in [-0.15, -0.1) is 5.10 Å². The molecule has 1 amide bonds. The highest BCUT2D eigenvalue weighted by molar-refractivity contribution is 8.00. The number of carbonyl (C=O) groups excluding carboxylic acids is 1. The molecule has 2 heterocycles. The van der Waals surface area contributed by atoms with Gasteiger partial charge in [-0.2, -0.15) is 4.68 Å². The second kappa shape index (κ2) is 6.22. The number of amides is 1. The maximum absolute atomic E-state index is 12.7. The molecule has 3 aromatic rings. The van der Waals surface area contributed by atoms with Crippen LogP contribution < -0.4 is 0 Å². The average molecular weight is 387 g/mol. The van der Waals surface area contributed by atoms with Crippen LogP contribution in [0.15, 0.2) is 58.6 Å². The fourth-order valence-corrected chi connectivity index (χ4v) is 5.45. The molecule has 0 spiro atoms. The minimum atomic E-state index is -3.86. The van der Waals surface area contributed by atoms with Crippen molar-refractivity contribution in [1.82, 2.24) is 24.5 Å². The van der Waals surface area contributed by atoms with Crippen molar-refractivity contribution in [2.75, 3.05) is 5.88 Å². The summed E-state index contributed by atoms with van der Waals surface area (Å²) in [6.07, 6.45) is 0. The quantitative estimate of drug-likeness (QED) is 0.630. The van der Waals surface area contributed by atoms with Crippen LogP contribution in [0.25, 0.3) is 5.69 Å². The number of para-hydroxylation sites is 1. The van der Waals surface area contributed by atoms with Crippen LogP contribution in [0.5, 0.6) is 0 Å². The Hall–Kier alpha value is -2.72. The maximum Gasteiger partial charge on any atom is 0.270 e. The van der Waals surface area contributed by atoms with E-state index in [9.17, 15) is 13.2 Å². The second-order valence-corrected chi connectivity index (χ2v) is 8.33. The number of rotatable bonds is 4. The van der Waals surface area contributed by atoms with Gasteiger partial charge in [0.2, 0.25) is 5.16 Å². The summed E-state index contributed by atoms with van der Waals surface area (Å²) in [7, 11) is -3.86. The molecule has 1 aliphatic rings. The van der Waals surface area contributed by atoms with Gasteiger partial charge in [0.1, 0.15) is 4.90 Å². The molecule has 0 bridgehead atoms. The SMILES string of the molecule is Cc1cccc2c1C(=O)N(CSc1nnnn1-c1ccccc1)S2(=O)=O. The largest absolute Gasteiger partial charge is 0.270 e. The average Bonchev–Trinajstić information content (AvgIpc) is 3.17. The molecule has 0 saturated heterocycles. The second-order valence-electron chi connectivity index (χ2n) is 5.59. The number of carbonyl (C=O) groups is 1. The molecule has 132 valence electrons. The molecule has 8 nitrogen and oxygen atoms in total. The summed E-state index contributed by atoms with van der Waals surface area (Å²) in [4.78, 5) is 12.7. The Labute approximate surface area is 153 Å². The van der Waals surface area contributed by atoms with E-state index in [1.54, 1.807) is 19.1 Å². The standard InChI is InChI=1S/C16H13N5O3S2/c1-11-6-5-9-13-14(11)15(22)20(26(13,23)24)10-25-16-17-18-19-21(16)12-7-3-2-4-8-12/h2-9H,10H2,1H3. The van der Waals surface area contributed by atoms with Gasteiger partial charge in [-0.25, -0.2) is 12.7 Å². The van der Waals surface area contributed by atoms with Gasteiger partial charge in [0.15, 0.2) is 0 Å². The number of sulfonamides is 1. The van der Waals surface area contributed by atoms with Crippen molar-refractivity contribution in [1.29, 1.82) is 0 Å². The lowest BCUT2D eigenvalue weighted by Crippen LogP contribution is -2.29. The van der Waals surface area contributed by atoms with Crippen molar-refractivity contribution in [2.24, 2.45) is 0 Å². The highest BCUT2D eigenvalue weighted by Gasteiger charge is 2.42. The van der Waals surface area contributed by atoms with Gasteiger partial charge < -0.3 is 0 Å². The minimum absolute atomic E-state index is 0.0470. The highest BCUT2D eigenvalue weighted by Crippen LogP contribution is 2.34. The number of hydrogen-bond acceptors (Lipinski definition) is 7. The van der Waals surface area contributed by atoms with E-state index in [-0.39, 0.29) is 16.3 Å². The van der Waals surface area contributed by atoms with Crippen molar-refractivity contribution < 1.29 is 13.2 Å². The van der Waals surface area contributed by atoms with E-state index in [0.29, 0.717) is 10.7 Å². The van der Waals surface area contributed by atoms with E-state index in [1.165, 1.54) is 10.7 Å². The summed E-state index contributed by atoms with van der Waals surface area (Å²) < 4.78 is 27.7. The predicted octanol–water partition coefficient (Wildman–Crippen LogP) is 1.87. The van der Waals surface area contributed by atoms with Crippen LogP contribution in [0, 0.1) is 6.92 Å². The van der Waals surface area contributed by atoms with Gasteiger partial charge >= 0.3 is 0 Å². The molecule has 1 aromatic heterocycles. The van der Waals surface area contributed by atoms with Crippen LogP contribution in [-0.2, 0) is 10.0 Å². The lowest BCUT2D eigenvalue weighted by Gasteiger charge is -2.14. The van der Waals surface area contributed by atoms with Crippen molar-refractivity contribution >= 4 is 27.7 Å². The van der Waals surface area contributed by atoms with Crippen LogP contribution in [0.1, 0.15) is 15.9 Å². The summed E-state index contributed by atoms with van der Waals surface area (Å²) in [5.41, 5.74) is 1.61. The zero-order chi connectivity index (χ0) is 18.3. The summed E-state index contributed by atoms with van der Waals surface area (Å²) in [6.45, 7) is 1.72. The number of tetrazole rings is 1. The van der Waals surface area contributed by atoms with Crippen LogP contribution in [0.3, 0.4) is 0 Å². The first-order chi connectivity index (χ1) is 12.5. The molecule has 0 radical (unpaired) electrons. The van der Waals surface area contributed by atoms with Crippen LogP contribution in [0.4, 0.5) is 0 Å².